The van der Waals surface area contributed by atoms with Crippen molar-refractivity contribution < 1.29 is 19.4 Å². The third kappa shape index (κ3) is 3.20. The van der Waals surface area contributed by atoms with Gasteiger partial charge >= 0.3 is 5.97 Å². The van der Waals surface area contributed by atoms with Crippen LogP contribution in [-0.4, -0.2) is 45.5 Å². The highest BCUT2D eigenvalue weighted by atomic mass is 16.5. The summed E-state index contributed by atoms with van der Waals surface area (Å²) >= 11 is 0. The van der Waals surface area contributed by atoms with Crippen LogP contribution in [0, 0.1) is 0 Å². The van der Waals surface area contributed by atoms with Crippen molar-refractivity contribution in [2.75, 3.05) is 14.2 Å². The van der Waals surface area contributed by atoms with Gasteiger partial charge in [0.2, 0.25) is 0 Å². The van der Waals surface area contributed by atoms with Crippen LogP contribution < -0.4 is 4.74 Å². The van der Waals surface area contributed by atoms with Gasteiger partial charge in [-0.1, -0.05) is 30.3 Å². The molecule has 0 bridgehead atoms. The van der Waals surface area contributed by atoms with E-state index in [9.17, 15) is 4.79 Å². The molecule has 0 saturated heterocycles. The van der Waals surface area contributed by atoms with E-state index in [0.717, 1.165) is 5.56 Å². The molecule has 0 fully saturated rings. The van der Waals surface area contributed by atoms with E-state index in [1.54, 1.807) is 13.2 Å². The van der Waals surface area contributed by atoms with Crippen molar-refractivity contribution in [2.24, 2.45) is 0 Å². The number of carbonyl (C=O) groups is 1. The van der Waals surface area contributed by atoms with Crippen LogP contribution in [0.15, 0.2) is 48.5 Å². The Hall–Kier alpha value is -3.26. The molecular formula is C17H16N4O4. The lowest BCUT2D eigenvalue weighted by molar-refractivity contribution is 0.0677. The van der Waals surface area contributed by atoms with Gasteiger partial charge < -0.3 is 14.6 Å². The highest BCUT2D eigenvalue weighted by Crippen LogP contribution is 2.31. The van der Waals surface area contributed by atoms with E-state index in [1.807, 2.05) is 30.3 Å². The molecule has 1 aromatic heterocycles. The summed E-state index contributed by atoms with van der Waals surface area (Å²) in [6, 6.07) is 14.0. The first kappa shape index (κ1) is 16.6. The van der Waals surface area contributed by atoms with E-state index in [4.69, 9.17) is 14.6 Å². The molecular weight excluding hydrogens is 324 g/mol. The number of carboxylic acids is 1. The van der Waals surface area contributed by atoms with Crippen molar-refractivity contribution in [2.45, 2.75) is 6.23 Å². The molecule has 1 unspecified atom stereocenters. The summed E-state index contributed by atoms with van der Waals surface area (Å²) in [5, 5.41) is 21.0. The number of aromatic carboxylic acids is 1. The molecule has 8 heteroatoms. The second-order valence-electron chi connectivity index (χ2n) is 5.17. The maximum atomic E-state index is 11.2. The molecule has 0 spiro atoms. The average Bonchev–Trinajstić information content (AvgIpc) is 3.12. The Morgan fingerprint density at radius 2 is 1.92 bits per heavy atom. The molecule has 0 saturated carbocycles. The van der Waals surface area contributed by atoms with Crippen molar-refractivity contribution >= 4 is 5.97 Å². The molecule has 0 radical (unpaired) electrons. The molecule has 1 N–H and O–H groups in total. The SMILES string of the molecule is COc1cc(C(=O)O)ccc1-c1nnnn1C(OC)c1ccccc1. The first-order valence-electron chi connectivity index (χ1n) is 7.43. The molecule has 3 rings (SSSR count). The van der Waals surface area contributed by atoms with Crippen LogP contribution in [0.25, 0.3) is 11.4 Å². The molecule has 0 aliphatic carbocycles. The molecule has 2 aromatic carbocycles. The number of nitrogens with zero attached hydrogens (tertiary/aromatic N) is 4. The van der Waals surface area contributed by atoms with Crippen molar-refractivity contribution in [1.29, 1.82) is 0 Å². The number of hydrogen-bond donors (Lipinski definition) is 1. The van der Waals surface area contributed by atoms with E-state index < -0.39 is 12.2 Å². The normalized spacial score (nSPS) is 11.9. The largest absolute Gasteiger partial charge is 0.496 e. The van der Waals surface area contributed by atoms with Crippen molar-refractivity contribution in [3.05, 3.63) is 59.7 Å². The van der Waals surface area contributed by atoms with Gasteiger partial charge in [0.05, 0.1) is 18.2 Å². The lowest BCUT2D eigenvalue weighted by Gasteiger charge is -2.18. The highest BCUT2D eigenvalue weighted by Gasteiger charge is 2.22. The number of ether oxygens (including phenoxy) is 2. The number of methoxy groups -OCH3 is 2. The van der Waals surface area contributed by atoms with Crippen LogP contribution in [0.2, 0.25) is 0 Å². The number of tetrazole rings is 1. The maximum absolute atomic E-state index is 11.2. The first-order valence-corrected chi connectivity index (χ1v) is 7.43. The van der Waals surface area contributed by atoms with Crippen LogP contribution in [0.5, 0.6) is 5.75 Å². The molecule has 25 heavy (non-hydrogen) atoms. The highest BCUT2D eigenvalue weighted by molar-refractivity contribution is 5.89. The Bertz CT molecular complexity index is 879. The van der Waals surface area contributed by atoms with Crippen LogP contribution in [0.1, 0.15) is 22.1 Å². The van der Waals surface area contributed by atoms with Gasteiger partial charge in [0, 0.05) is 12.7 Å². The molecule has 1 heterocycles. The zero-order valence-electron chi connectivity index (χ0n) is 13.7. The Labute approximate surface area is 143 Å². The van der Waals surface area contributed by atoms with Crippen LogP contribution in [-0.2, 0) is 4.74 Å². The molecule has 1 atom stereocenters. The smallest absolute Gasteiger partial charge is 0.335 e. The lowest BCUT2D eigenvalue weighted by atomic mass is 10.1. The Kier molecular flexibility index (Phi) is 4.71. The predicted molar refractivity (Wildman–Crippen MR) is 88.4 cm³/mol. The monoisotopic (exact) mass is 340 g/mol. The summed E-state index contributed by atoms with van der Waals surface area (Å²) in [4.78, 5) is 11.2. The third-order valence-corrected chi connectivity index (χ3v) is 3.71. The summed E-state index contributed by atoms with van der Waals surface area (Å²) in [5.41, 5.74) is 1.56. The Morgan fingerprint density at radius 1 is 1.16 bits per heavy atom. The molecule has 0 aliphatic rings. The van der Waals surface area contributed by atoms with Gasteiger partial charge in [-0.2, -0.15) is 4.68 Å². The quantitative estimate of drug-likeness (QED) is 0.734. The number of hydrogen-bond acceptors (Lipinski definition) is 6. The van der Waals surface area contributed by atoms with E-state index in [2.05, 4.69) is 15.5 Å². The van der Waals surface area contributed by atoms with Crippen molar-refractivity contribution in [3.8, 4) is 17.1 Å². The summed E-state index contributed by atoms with van der Waals surface area (Å²) < 4.78 is 12.4. The molecule has 8 nitrogen and oxygen atoms in total. The van der Waals surface area contributed by atoms with E-state index >= 15 is 0 Å². The number of carboxylic acid groups (broad SMARTS) is 1. The molecule has 3 aromatic rings. The fourth-order valence-electron chi connectivity index (χ4n) is 2.53. The molecule has 128 valence electrons. The molecule has 0 aliphatic heterocycles. The van der Waals surface area contributed by atoms with Crippen molar-refractivity contribution in [3.63, 3.8) is 0 Å². The minimum atomic E-state index is -1.04. The van der Waals surface area contributed by atoms with Crippen LogP contribution in [0.3, 0.4) is 0 Å². The fraction of sp³-hybridized carbons (Fsp3) is 0.176. The maximum Gasteiger partial charge on any atom is 0.335 e. The number of rotatable bonds is 6. The van der Waals surface area contributed by atoms with Gasteiger partial charge in [-0.25, -0.2) is 4.79 Å². The standard InChI is InChI=1S/C17H16N4O4/c1-24-14-10-12(17(22)23)8-9-13(14)15-18-19-20-21(15)16(25-2)11-6-4-3-5-7-11/h3-10,16H,1-2H3,(H,22,23). The average molecular weight is 340 g/mol. The second-order valence-corrected chi connectivity index (χ2v) is 5.17. The van der Waals surface area contributed by atoms with Crippen LogP contribution >= 0.6 is 0 Å². The zero-order chi connectivity index (χ0) is 17.8. The van der Waals surface area contributed by atoms with E-state index in [0.29, 0.717) is 17.1 Å². The van der Waals surface area contributed by atoms with Gasteiger partial charge in [0.25, 0.3) is 0 Å². The van der Waals surface area contributed by atoms with Crippen LogP contribution in [0.4, 0.5) is 0 Å². The fourth-order valence-corrected chi connectivity index (χ4v) is 2.53. The number of benzene rings is 2. The second kappa shape index (κ2) is 7.10. The first-order chi connectivity index (χ1) is 12.2. The Balaban J connectivity index is 2.09. The van der Waals surface area contributed by atoms with Gasteiger partial charge in [-0.3, -0.25) is 0 Å². The third-order valence-electron chi connectivity index (χ3n) is 3.71. The lowest BCUT2D eigenvalue weighted by Crippen LogP contribution is -2.16. The summed E-state index contributed by atoms with van der Waals surface area (Å²) in [7, 11) is 3.03. The zero-order valence-corrected chi connectivity index (χ0v) is 13.7. The van der Waals surface area contributed by atoms with E-state index in [1.165, 1.54) is 23.9 Å². The summed E-state index contributed by atoms with van der Waals surface area (Å²) in [5.74, 6) is -0.271. The predicted octanol–water partition coefficient (Wildman–Crippen LogP) is 2.24. The van der Waals surface area contributed by atoms with Gasteiger partial charge in [0.1, 0.15) is 5.75 Å². The summed E-state index contributed by atoms with van der Waals surface area (Å²) in [6.45, 7) is 0. The van der Waals surface area contributed by atoms with Gasteiger partial charge in [-0.05, 0) is 28.6 Å². The van der Waals surface area contributed by atoms with Gasteiger partial charge in [0.15, 0.2) is 12.1 Å². The summed E-state index contributed by atoms with van der Waals surface area (Å²) in [6.07, 6.45) is -0.532. The molecule has 0 amide bonds. The Morgan fingerprint density at radius 3 is 2.56 bits per heavy atom. The topological polar surface area (TPSA) is 99.4 Å². The van der Waals surface area contributed by atoms with Gasteiger partial charge in [-0.15, -0.1) is 5.10 Å². The number of aromatic nitrogens is 4. The minimum absolute atomic E-state index is 0.117. The van der Waals surface area contributed by atoms with Crippen molar-refractivity contribution in [1.82, 2.24) is 20.2 Å². The minimum Gasteiger partial charge on any atom is -0.496 e. The van der Waals surface area contributed by atoms with E-state index in [-0.39, 0.29) is 5.56 Å².